The summed E-state index contributed by atoms with van der Waals surface area (Å²) >= 11 is 0. The van der Waals surface area contributed by atoms with Crippen molar-refractivity contribution in [3.63, 3.8) is 0 Å². The van der Waals surface area contributed by atoms with Gasteiger partial charge in [0.2, 0.25) is 0 Å². The lowest BCUT2D eigenvalue weighted by Gasteiger charge is -2.56. The summed E-state index contributed by atoms with van der Waals surface area (Å²) in [7, 11) is 0. The first-order chi connectivity index (χ1) is 7.73. The van der Waals surface area contributed by atoms with Gasteiger partial charge in [-0.2, -0.15) is 5.26 Å². The number of ether oxygens (including phenoxy) is 1. The number of rotatable bonds is 3. The third-order valence-corrected chi connectivity index (χ3v) is 4.19. The molecule has 4 nitrogen and oxygen atoms in total. The predicted molar refractivity (Wildman–Crippen MR) is 59.8 cm³/mol. The second-order valence-electron chi connectivity index (χ2n) is 4.86. The average Bonchev–Trinajstić information content (AvgIpc) is 2.30. The summed E-state index contributed by atoms with van der Waals surface area (Å²) in [6, 6.07) is 2.18. The quantitative estimate of drug-likeness (QED) is 0.719. The third-order valence-electron chi connectivity index (χ3n) is 4.19. The minimum Gasteiger partial charge on any atom is -0.392 e. The molecule has 2 rings (SSSR count). The van der Waals surface area contributed by atoms with Crippen molar-refractivity contribution in [2.45, 2.75) is 38.4 Å². The molecule has 2 aliphatic rings. The fraction of sp³-hybridized carbons (Fsp3) is 0.917. The molecular formula is C12H20N2O2. The van der Waals surface area contributed by atoms with Gasteiger partial charge in [-0.3, -0.25) is 4.90 Å². The number of aliphatic hydroxyl groups is 1. The summed E-state index contributed by atoms with van der Waals surface area (Å²) in [5.74, 6) is 0. The minimum atomic E-state index is -0.201. The lowest BCUT2D eigenvalue weighted by atomic mass is 9.58. The Balaban J connectivity index is 1.92. The number of nitriles is 1. The molecule has 0 aromatic rings. The van der Waals surface area contributed by atoms with Gasteiger partial charge in [0.25, 0.3) is 0 Å². The van der Waals surface area contributed by atoms with Gasteiger partial charge in [-0.15, -0.1) is 0 Å². The van der Waals surface area contributed by atoms with E-state index in [1.807, 2.05) is 6.92 Å². The predicted octanol–water partition coefficient (Wildman–Crippen LogP) is 0.762. The first-order valence-corrected chi connectivity index (χ1v) is 6.12. The van der Waals surface area contributed by atoms with Crippen LogP contribution in [-0.4, -0.2) is 48.5 Å². The van der Waals surface area contributed by atoms with E-state index in [9.17, 15) is 5.11 Å². The standard InChI is InChI=1S/C12H20N2O2/c1-2-16-11-9-10(15)12(11)3-6-14(7-4-12)8-5-13/h10-11,15H,2-4,6-9H2,1H3. The van der Waals surface area contributed by atoms with Crippen molar-refractivity contribution in [2.24, 2.45) is 5.41 Å². The molecule has 0 aromatic heterocycles. The van der Waals surface area contributed by atoms with Crippen LogP contribution in [0.1, 0.15) is 26.2 Å². The van der Waals surface area contributed by atoms with Crippen LogP contribution in [0.4, 0.5) is 0 Å². The van der Waals surface area contributed by atoms with Crippen LogP contribution in [0, 0.1) is 16.7 Å². The molecule has 1 aliphatic carbocycles. The topological polar surface area (TPSA) is 56.5 Å². The van der Waals surface area contributed by atoms with Crippen molar-refractivity contribution >= 4 is 0 Å². The molecule has 4 heteroatoms. The Morgan fingerprint density at radius 3 is 2.69 bits per heavy atom. The smallest absolute Gasteiger partial charge is 0.0865 e. The van der Waals surface area contributed by atoms with Gasteiger partial charge in [0.05, 0.1) is 24.8 Å². The number of nitrogens with zero attached hydrogens (tertiary/aromatic N) is 2. The van der Waals surface area contributed by atoms with Gasteiger partial charge in [-0.1, -0.05) is 0 Å². The van der Waals surface area contributed by atoms with Crippen LogP contribution in [0.2, 0.25) is 0 Å². The van der Waals surface area contributed by atoms with E-state index in [0.717, 1.165) is 39.0 Å². The van der Waals surface area contributed by atoms with Crippen LogP contribution in [0.15, 0.2) is 0 Å². The molecule has 2 fully saturated rings. The Hall–Kier alpha value is -0.630. The van der Waals surface area contributed by atoms with Gasteiger partial charge < -0.3 is 9.84 Å². The maximum absolute atomic E-state index is 9.97. The van der Waals surface area contributed by atoms with Crippen molar-refractivity contribution in [2.75, 3.05) is 26.2 Å². The number of piperidine rings is 1. The third kappa shape index (κ3) is 1.84. The molecule has 16 heavy (non-hydrogen) atoms. The van der Waals surface area contributed by atoms with E-state index in [2.05, 4.69) is 11.0 Å². The molecule has 90 valence electrons. The van der Waals surface area contributed by atoms with Crippen molar-refractivity contribution in [3.05, 3.63) is 0 Å². The van der Waals surface area contributed by atoms with Crippen LogP contribution in [0.3, 0.4) is 0 Å². The van der Waals surface area contributed by atoms with Gasteiger partial charge in [-0.05, 0) is 32.9 Å². The van der Waals surface area contributed by atoms with Crippen molar-refractivity contribution < 1.29 is 9.84 Å². The Bertz CT molecular complexity index is 277. The summed E-state index contributed by atoms with van der Waals surface area (Å²) < 4.78 is 5.69. The van der Waals surface area contributed by atoms with E-state index < -0.39 is 0 Å². The molecule has 2 atom stereocenters. The number of hydrogen-bond donors (Lipinski definition) is 1. The van der Waals surface area contributed by atoms with E-state index in [-0.39, 0.29) is 17.6 Å². The molecule has 1 spiro atoms. The second kappa shape index (κ2) is 4.70. The van der Waals surface area contributed by atoms with Crippen molar-refractivity contribution in [1.82, 2.24) is 4.90 Å². The van der Waals surface area contributed by atoms with Gasteiger partial charge >= 0.3 is 0 Å². The first-order valence-electron chi connectivity index (χ1n) is 6.12. The molecule has 1 N–H and O–H groups in total. The zero-order valence-corrected chi connectivity index (χ0v) is 9.85. The molecule has 1 heterocycles. The highest BCUT2D eigenvalue weighted by atomic mass is 16.5. The first kappa shape index (κ1) is 11.8. The Morgan fingerprint density at radius 2 is 2.19 bits per heavy atom. The number of hydrogen-bond acceptors (Lipinski definition) is 4. The molecule has 2 unspecified atom stereocenters. The molecule has 1 aliphatic heterocycles. The average molecular weight is 224 g/mol. The van der Waals surface area contributed by atoms with Crippen LogP contribution in [0.25, 0.3) is 0 Å². The maximum atomic E-state index is 9.97. The fourth-order valence-electron chi connectivity index (χ4n) is 3.04. The van der Waals surface area contributed by atoms with Crippen LogP contribution < -0.4 is 0 Å². The highest BCUT2D eigenvalue weighted by Gasteiger charge is 2.55. The van der Waals surface area contributed by atoms with Gasteiger partial charge in [0.1, 0.15) is 0 Å². The Morgan fingerprint density at radius 1 is 1.50 bits per heavy atom. The van der Waals surface area contributed by atoms with Gasteiger partial charge in [0, 0.05) is 18.4 Å². The van der Waals surface area contributed by atoms with E-state index in [0.29, 0.717) is 6.54 Å². The molecule has 0 radical (unpaired) electrons. The summed E-state index contributed by atoms with van der Waals surface area (Å²) in [4.78, 5) is 2.15. The Labute approximate surface area is 96.8 Å². The highest BCUT2D eigenvalue weighted by Crippen LogP contribution is 2.50. The number of aliphatic hydroxyl groups excluding tert-OH is 1. The molecule has 1 saturated heterocycles. The van der Waals surface area contributed by atoms with Crippen LogP contribution >= 0.6 is 0 Å². The summed E-state index contributed by atoms with van der Waals surface area (Å²) in [5, 5.41) is 18.6. The SMILES string of the molecule is CCOC1CC(O)C12CCN(CC#N)CC2. The molecule has 0 amide bonds. The zero-order chi connectivity index (χ0) is 11.6. The largest absolute Gasteiger partial charge is 0.392 e. The zero-order valence-electron chi connectivity index (χ0n) is 9.85. The summed E-state index contributed by atoms with van der Waals surface area (Å²) in [6.45, 7) is 5.05. The maximum Gasteiger partial charge on any atom is 0.0865 e. The van der Waals surface area contributed by atoms with Gasteiger partial charge in [-0.25, -0.2) is 0 Å². The van der Waals surface area contributed by atoms with Crippen LogP contribution in [-0.2, 0) is 4.74 Å². The monoisotopic (exact) mass is 224 g/mol. The van der Waals surface area contributed by atoms with E-state index >= 15 is 0 Å². The fourth-order valence-corrected chi connectivity index (χ4v) is 3.04. The molecular weight excluding hydrogens is 204 g/mol. The molecule has 0 aromatic carbocycles. The minimum absolute atomic E-state index is 0.0119. The summed E-state index contributed by atoms with van der Waals surface area (Å²) in [5.41, 5.74) is -0.0119. The lowest BCUT2D eigenvalue weighted by Crippen LogP contribution is -2.62. The van der Waals surface area contributed by atoms with Crippen molar-refractivity contribution in [1.29, 1.82) is 5.26 Å². The molecule has 0 bridgehead atoms. The lowest BCUT2D eigenvalue weighted by molar-refractivity contribution is -0.209. The summed E-state index contributed by atoms with van der Waals surface area (Å²) in [6.07, 6.45) is 2.73. The van der Waals surface area contributed by atoms with E-state index in [1.165, 1.54) is 0 Å². The van der Waals surface area contributed by atoms with Gasteiger partial charge in [0.15, 0.2) is 0 Å². The molecule has 1 saturated carbocycles. The van der Waals surface area contributed by atoms with E-state index in [4.69, 9.17) is 10.00 Å². The van der Waals surface area contributed by atoms with Crippen LogP contribution in [0.5, 0.6) is 0 Å². The highest BCUT2D eigenvalue weighted by molar-refractivity contribution is 5.06. The Kier molecular flexibility index (Phi) is 3.48. The van der Waals surface area contributed by atoms with Crippen molar-refractivity contribution in [3.8, 4) is 6.07 Å². The number of likely N-dealkylation sites (tertiary alicyclic amines) is 1. The van der Waals surface area contributed by atoms with E-state index in [1.54, 1.807) is 0 Å². The normalized spacial score (nSPS) is 33.3. The second-order valence-corrected chi connectivity index (χ2v) is 4.86.